The number of hydrogen-bond donors (Lipinski definition) is 2. The zero-order chi connectivity index (χ0) is 46.6. The highest BCUT2D eigenvalue weighted by molar-refractivity contribution is 6.37. The highest BCUT2D eigenvalue weighted by Crippen LogP contribution is 2.40. The minimum absolute atomic E-state index is 0.0776. The van der Waals surface area contributed by atoms with Crippen LogP contribution in [0.2, 0.25) is 10.0 Å². The number of amides is 4. The number of rotatable bonds is 23. The van der Waals surface area contributed by atoms with Crippen LogP contribution in [0.1, 0.15) is 57.5 Å². The van der Waals surface area contributed by atoms with Gasteiger partial charge in [0.25, 0.3) is 11.8 Å². The van der Waals surface area contributed by atoms with Crippen molar-refractivity contribution in [3.8, 4) is 23.3 Å². The Morgan fingerprint density at radius 3 is 2.23 bits per heavy atom. The van der Waals surface area contributed by atoms with Crippen LogP contribution in [0.5, 0.6) is 17.2 Å². The molecule has 3 aliphatic rings. The summed E-state index contributed by atoms with van der Waals surface area (Å²) in [5, 5.41) is 16.8. The number of ether oxygens (including phenoxy) is 6. The highest BCUT2D eigenvalue weighted by Gasteiger charge is 2.45. The molecule has 2 saturated heterocycles. The number of methoxy groups -OCH3 is 2. The third-order valence-electron chi connectivity index (χ3n) is 11.7. The van der Waals surface area contributed by atoms with Gasteiger partial charge in [-0.2, -0.15) is 5.26 Å². The Labute approximate surface area is 393 Å². The summed E-state index contributed by atoms with van der Waals surface area (Å²) >= 11 is 12.7. The number of nitrogens with one attached hydrogen (secondary N) is 2. The molecule has 1 unspecified atom stereocenters. The molecular weight excluding hydrogens is 893 g/mol. The van der Waals surface area contributed by atoms with E-state index in [2.05, 4.69) is 31.5 Å². The molecule has 350 valence electrons. The maximum absolute atomic E-state index is 13.3. The molecule has 1 atom stereocenters. The van der Waals surface area contributed by atoms with Gasteiger partial charge in [0, 0.05) is 76.0 Å². The first kappa shape index (κ1) is 48.4. The van der Waals surface area contributed by atoms with Crippen LogP contribution in [0.15, 0.2) is 48.7 Å². The molecule has 0 aliphatic carbocycles. The maximum Gasteiger partial charge on any atom is 0.262 e. The fourth-order valence-electron chi connectivity index (χ4n) is 8.21. The number of piperazine rings is 1. The molecule has 7 rings (SSSR count). The van der Waals surface area contributed by atoms with Crippen molar-refractivity contribution in [2.45, 2.75) is 38.1 Å². The summed E-state index contributed by atoms with van der Waals surface area (Å²) in [4.78, 5) is 60.7. The Morgan fingerprint density at radius 1 is 0.803 bits per heavy atom. The van der Waals surface area contributed by atoms with Crippen molar-refractivity contribution >= 4 is 69.1 Å². The van der Waals surface area contributed by atoms with Crippen LogP contribution >= 0.6 is 23.2 Å². The number of nitriles is 1. The average molecular weight is 947 g/mol. The van der Waals surface area contributed by atoms with Crippen molar-refractivity contribution < 1.29 is 47.6 Å². The summed E-state index contributed by atoms with van der Waals surface area (Å²) < 4.78 is 34.5. The number of benzene rings is 3. The van der Waals surface area contributed by atoms with Gasteiger partial charge in [-0.25, -0.2) is 0 Å². The molecule has 3 aliphatic heterocycles. The van der Waals surface area contributed by atoms with E-state index in [9.17, 15) is 24.4 Å². The van der Waals surface area contributed by atoms with Gasteiger partial charge in [0.05, 0.1) is 97.5 Å². The number of nitrogens with zero attached hydrogens (tertiary/aromatic N) is 5. The number of aryl methyl sites for hydroxylation is 1. The van der Waals surface area contributed by atoms with E-state index < -0.39 is 29.7 Å². The van der Waals surface area contributed by atoms with Gasteiger partial charge in [0.2, 0.25) is 11.8 Å². The molecule has 2 N–H and O–H groups in total. The third-order valence-corrected chi connectivity index (χ3v) is 12.3. The average Bonchev–Trinajstić information content (AvgIpc) is 3.57. The highest BCUT2D eigenvalue weighted by atomic mass is 35.5. The minimum atomic E-state index is -0.989. The molecule has 2 fully saturated rings. The number of carbonyl (C=O) groups is 4. The number of pyridine rings is 1. The lowest BCUT2D eigenvalue weighted by atomic mass is 9.99. The SMILES string of the molecule is COc1cc(Nc2c(C#N)cnc3cc(OCCCN4CCN(CCOCCOCCOCCCc5cccc6c5C(=O)N(C5CCC(=O)NC5=O)C6=O)CC4)c(OC)cc23)c(Cl)cc1Cl. The Hall–Kier alpha value is -5.58. The molecule has 4 heterocycles. The number of aromatic nitrogens is 1. The van der Waals surface area contributed by atoms with Gasteiger partial charge in [0.15, 0.2) is 11.5 Å². The second-order valence-corrected chi connectivity index (χ2v) is 16.7. The Bertz CT molecular complexity index is 2460. The second-order valence-electron chi connectivity index (χ2n) is 15.9. The topological polar surface area (TPSA) is 194 Å². The zero-order valence-corrected chi connectivity index (χ0v) is 38.5. The molecule has 19 heteroatoms. The van der Waals surface area contributed by atoms with E-state index in [4.69, 9.17) is 51.6 Å². The first-order valence-electron chi connectivity index (χ1n) is 21.9. The number of hydrogen-bond acceptors (Lipinski definition) is 15. The second kappa shape index (κ2) is 23.2. The van der Waals surface area contributed by atoms with Crippen molar-refractivity contribution in [2.75, 3.05) is 105 Å². The van der Waals surface area contributed by atoms with Gasteiger partial charge in [-0.1, -0.05) is 35.3 Å². The van der Waals surface area contributed by atoms with Gasteiger partial charge in [0.1, 0.15) is 17.9 Å². The summed E-state index contributed by atoms with van der Waals surface area (Å²) in [6, 6.07) is 13.2. The minimum Gasteiger partial charge on any atom is -0.495 e. The maximum atomic E-state index is 13.3. The molecule has 0 saturated carbocycles. The normalized spacial score (nSPS) is 16.7. The quantitative estimate of drug-likeness (QED) is 0.0685. The molecule has 1 aromatic heterocycles. The summed E-state index contributed by atoms with van der Waals surface area (Å²) in [5.74, 6) is -0.523. The van der Waals surface area contributed by atoms with Crippen molar-refractivity contribution in [1.29, 1.82) is 5.26 Å². The van der Waals surface area contributed by atoms with Crippen LogP contribution in [0.4, 0.5) is 11.4 Å². The number of anilines is 2. The monoisotopic (exact) mass is 945 g/mol. The summed E-state index contributed by atoms with van der Waals surface area (Å²) in [5.41, 5.74) is 3.31. The van der Waals surface area contributed by atoms with Gasteiger partial charge < -0.3 is 38.6 Å². The largest absolute Gasteiger partial charge is 0.495 e. The summed E-state index contributed by atoms with van der Waals surface area (Å²) in [7, 11) is 3.09. The van der Waals surface area contributed by atoms with E-state index in [0.29, 0.717) is 120 Å². The van der Waals surface area contributed by atoms with Crippen LogP contribution < -0.4 is 24.8 Å². The van der Waals surface area contributed by atoms with Crippen molar-refractivity contribution in [3.63, 3.8) is 0 Å². The van der Waals surface area contributed by atoms with Crippen molar-refractivity contribution in [1.82, 2.24) is 25.0 Å². The number of carbonyl (C=O) groups excluding carboxylic acids is 4. The van der Waals surface area contributed by atoms with Gasteiger partial charge in [-0.15, -0.1) is 0 Å². The number of fused-ring (bicyclic) bond motifs is 2. The third kappa shape index (κ3) is 11.7. The summed E-state index contributed by atoms with van der Waals surface area (Å²) in [6.07, 6.45) is 3.70. The lowest BCUT2D eigenvalue weighted by molar-refractivity contribution is -0.136. The van der Waals surface area contributed by atoms with Gasteiger partial charge in [-0.3, -0.25) is 39.3 Å². The van der Waals surface area contributed by atoms with Gasteiger partial charge >= 0.3 is 0 Å². The predicted octanol–water partition coefficient (Wildman–Crippen LogP) is 5.64. The number of halogens is 2. The standard InChI is InChI=1S/C47H53Cl2N7O10/c1-61-39-27-37(34(48)25-35(39)49)52-44-31(28-50)29-51-36-26-41(40(62-2)24-33(36)44)66-18-5-11-54-12-14-55(15-13-54)16-19-64-21-23-65-22-20-63-17-4-7-30-6-3-8-32-43(30)47(60)56(46(32)59)38-9-10-42(57)53-45(38)58/h3,6,8,24-27,29,38H,4-5,7,9-23H2,1-2H3,(H,51,52)(H,53,57,58). The van der Waals surface area contributed by atoms with E-state index in [0.717, 1.165) is 56.2 Å². The van der Waals surface area contributed by atoms with Crippen LogP contribution in [0.3, 0.4) is 0 Å². The molecule has 3 aromatic carbocycles. The Morgan fingerprint density at radius 2 is 1.52 bits per heavy atom. The number of piperidine rings is 1. The van der Waals surface area contributed by atoms with Crippen LogP contribution in [-0.2, 0) is 30.2 Å². The van der Waals surface area contributed by atoms with Crippen molar-refractivity contribution in [3.05, 3.63) is 81.0 Å². The molecule has 4 aromatic rings. The predicted molar refractivity (Wildman–Crippen MR) is 246 cm³/mol. The molecule has 0 spiro atoms. The van der Waals surface area contributed by atoms with E-state index in [-0.39, 0.29) is 18.4 Å². The molecule has 66 heavy (non-hydrogen) atoms. The van der Waals surface area contributed by atoms with E-state index in [1.54, 1.807) is 37.4 Å². The molecule has 0 radical (unpaired) electrons. The smallest absolute Gasteiger partial charge is 0.262 e. The van der Waals surface area contributed by atoms with E-state index in [1.807, 2.05) is 12.1 Å². The van der Waals surface area contributed by atoms with Gasteiger partial charge in [-0.05, 0) is 49.4 Å². The Balaban J connectivity index is 0.732. The molecule has 0 bridgehead atoms. The lowest BCUT2D eigenvalue weighted by Gasteiger charge is -2.34. The fourth-order valence-corrected chi connectivity index (χ4v) is 8.72. The first-order valence-corrected chi connectivity index (χ1v) is 22.7. The van der Waals surface area contributed by atoms with Crippen LogP contribution in [0.25, 0.3) is 10.9 Å². The fraction of sp³-hybridized carbons (Fsp3) is 0.447. The molecule has 17 nitrogen and oxygen atoms in total. The van der Waals surface area contributed by atoms with Crippen molar-refractivity contribution in [2.24, 2.45) is 0 Å². The lowest BCUT2D eigenvalue weighted by Crippen LogP contribution is -2.54. The number of imide groups is 2. The first-order chi connectivity index (χ1) is 32.1. The van der Waals surface area contributed by atoms with Crippen LogP contribution in [-0.4, -0.2) is 149 Å². The molecule has 4 amide bonds. The van der Waals surface area contributed by atoms with Crippen LogP contribution in [0, 0.1) is 11.3 Å². The van der Waals surface area contributed by atoms with E-state index in [1.165, 1.54) is 13.3 Å². The summed E-state index contributed by atoms with van der Waals surface area (Å²) in [6.45, 7) is 8.96. The Kier molecular flexibility index (Phi) is 17.0. The van der Waals surface area contributed by atoms with E-state index >= 15 is 0 Å². The zero-order valence-electron chi connectivity index (χ0n) is 37.0. The molecular formula is C47H53Cl2N7O10.